The second kappa shape index (κ2) is 13.0. The van der Waals surface area contributed by atoms with Crippen LogP contribution < -0.4 is 0 Å². The lowest BCUT2D eigenvalue weighted by molar-refractivity contribution is 0.0269. The molecular weight excluding hydrogens is 358 g/mol. The fraction of sp³-hybridized carbons (Fsp3) is 0.538. The molecule has 0 amide bonds. The first-order chi connectivity index (χ1) is 14.2. The Kier molecular flexibility index (Phi) is 10.3. The number of rotatable bonds is 10. The van der Waals surface area contributed by atoms with E-state index in [9.17, 15) is 4.79 Å². The van der Waals surface area contributed by atoms with Gasteiger partial charge in [-0.3, -0.25) is 0 Å². The van der Waals surface area contributed by atoms with Crippen molar-refractivity contribution >= 4 is 5.97 Å². The quantitative estimate of drug-likeness (QED) is 0.242. The fourth-order valence-electron chi connectivity index (χ4n) is 4.29. The van der Waals surface area contributed by atoms with Gasteiger partial charge in [-0.15, -0.1) is 0 Å². The smallest absolute Gasteiger partial charge is 0.338 e. The van der Waals surface area contributed by atoms with Gasteiger partial charge in [0.15, 0.2) is 0 Å². The van der Waals surface area contributed by atoms with Gasteiger partial charge in [0.05, 0.1) is 11.6 Å². The van der Waals surface area contributed by atoms with E-state index < -0.39 is 0 Å². The summed E-state index contributed by atoms with van der Waals surface area (Å²) in [6.07, 6.45) is 17.2. The lowest BCUT2D eigenvalue weighted by Gasteiger charge is -2.29. The third-order valence-electron chi connectivity index (χ3n) is 5.97. The average Bonchev–Trinajstić information content (AvgIpc) is 2.76. The minimum atomic E-state index is -0.154. The Morgan fingerprint density at radius 3 is 2.66 bits per heavy atom. The van der Waals surface area contributed by atoms with Crippen molar-refractivity contribution in [3.05, 3.63) is 59.7 Å². The molecule has 0 spiro atoms. The third-order valence-corrected chi connectivity index (χ3v) is 5.97. The highest BCUT2D eigenvalue weighted by atomic mass is 16.5. The van der Waals surface area contributed by atoms with Gasteiger partial charge in [0.25, 0.3) is 0 Å². The summed E-state index contributed by atoms with van der Waals surface area (Å²) in [5.41, 5.74) is 1.93. The lowest BCUT2D eigenvalue weighted by Crippen LogP contribution is -2.20. The molecule has 3 heteroatoms. The maximum Gasteiger partial charge on any atom is 0.338 e. The van der Waals surface area contributed by atoms with Gasteiger partial charge in [0.1, 0.15) is 6.10 Å². The van der Waals surface area contributed by atoms with E-state index in [4.69, 9.17) is 10.00 Å². The predicted octanol–water partition coefficient (Wildman–Crippen LogP) is 7.11. The maximum absolute atomic E-state index is 12.8. The number of allylic oxidation sites excluding steroid dienone is 4. The molecule has 0 aromatic heterocycles. The molecule has 1 aliphatic carbocycles. The van der Waals surface area contributed by atoms with Crippen LogP contribution in [0.15, 0.2) is 48.6 Å². The largest absolute Gasteiger partial charge is 0.459 e. The molecule has 156 valence electrons. The normalized spacial score (nSPS) is 20.6. The molecule has 0 bridgehead atoms. The van der Waals surface area contributed by atoms with E-state index in [-0.39, 0.29) is 12.1 Å². The van der Waals surface area contributed by atoms with Crippen molar-refractivity contribution in [2.45, 2.75) is 83.7 Å². The highest BCUT2D eigenvalue weighted by Crippen LogP contribution is 2.39. The molecule has 0 aliphatic heterocycles. The summed E-state index contributed by atoms with van der Waals surface area (Å²) in [7, 11) is 0. The van der Waals surface area contributed by atoms with E-state index in [1.807, 2.05) is 30.3 Å². The fourth-order valence-corrected chi connectivity index (χ4v) is 4.29. The summed E-state index contributed by atoms with van der Waals surface area (Å²) in [5, 5.41) is 8.48. The maximum atomic E-state index is 12.8. The van der Waals surface area contributed by atoms with E-state index in [1.54, 1.807) is 6.08 Å². The Hall–Kier alpha value is -2.34. The standard InChI is InChI=1S/C26H35NO2/c1-3-12-23(4-2)29-26(28)25-15-10-9-14-24(25)22-18-16-21(17-19-22)13-8-6-5-7-11-20-27/h5-7,9-11,14-15,21-23H,3-4,8,12-13,16-19H2,1-2H3/b6-5+,11-7?. The second-order valence-electron chi connectivity index (χ2n) is 8.02. The summed E-state index contributed by atoms with van der Waals surface area (Å²) < 4.78 is 5.80. The molecule has 1 fully saturated rings. The molecule has 0 heterocycles. The summed E-state index contributed by atoms with van der Waals surface area (Å²) in [6.45, 7) is 4.21. The first kappa shape index (κ1) is 22.9. The van der Waals surface area contributed by atoms with Crippen molar-refractivity contribution in [3.8, 4) is 6.07 Å². The summed E-state index contributed by atoms with van der Waals surface area (Å²) in [4.78, 5) is 12.8. The highest BCUT2D eigenvalue weighted by Gasteiger charge is 2.26. The van der Waals surface area contributed by atoms with Crippen LogP contribution in [0.5, 0.6) is 0 Å². The number of nitriles is 1. The SMILES string of the molecule is CCCC(CC)OC(=O)c1ccccc1C1CCC(CC/C=C/C=CC#N)CC1. The number of ether oxygens (including phenoxy) is 1. The average molecular weight is 394 g/mol. The molecule has 3 nitrogen and oxygen atoms in total. The molecule has 0 saturated heterocycles. The van der Waals surface area contributed by atoms with Crippen molar-refractivity contribution in [1.82, 2.24) is 0 Å². The summed E-state index contributed by atoms with van der Waals surface area (Å²) in [5.74, 6) is 1.05. The molecule has 1 aromatic rings. The molecular formula is C26H35NO2. The van der Waals surface area contributed by atoms with E-state index in [0.717, 1.165) is 50.0 Å². The summed E-state index contributed by atoms with van der Waals surface area (Å²) >= 11 is 0. The Bertz CT molecular complexity index is 720. The molecule has 0 radical (unpaired) electrons. The molecule has 1 saturated carbocycles. The monoisotopic (exact) mass is 393 g/mol. The molecule has 29 heavy (non-hydrogen) atoms. The first-order valence-corrected chi connectivity index (χ1v) is 11.2. The van der Waals surface area contributed by atoms with Gasteiger partial charge in [-0.25, -0.2) is 4.79 Å². The van der Waals surface area contributed by atoms with Gasteiger partial charge in [-0.1, -0.05) is 56.7 Å². The first-order valence-electron chi connectivity index (χ1n) is 11.2. The van der Waals surface area contributed by atoms with Crippen LogP contribution in [0.1, 0.15) is 93.5 Å². The molecule has 1 atom stereocenters. The highest BCUT2D eigenvalue weighted by molar-refractivity contribution is 5.91. The number of nitrogens with zero attached hydrogens (tertiary/aromatic N) is 1. The Morgan fingerprint density at radius 2 is 1.97 bits per heavy atom. The predicted molar refractivity (Wildman–Crippen MR) is 119 cm³/mol. The van der Waals surface area contributed by atoms with Crippen LogP contribution in [0.2, 0.25) is 0 Å². The van der Waals surface area contributed by atoms with Crippen LogP contribution in [-0.4, -0.2) is 12.1 Å². The van der Waals surface area contributed by atoms with Gasteiger partial charge in [0.2, 0.25) is 0 Å². The number of hydrogen-bond acceptors (Lipinski definition) is 3. The Balaban J connectivity index is 1.91. The van der Waals surface area contributed by atoms with E-state index in [1.165, 1.54) is 30.9 Å². The summed E-state index contributed by atoms with van der Waals surface area (Å²) in [6, 6.07) is 10.0. The molecule has 1 aromatic carbocycles. The Labute approximate surface area is 176 Å². The third kappa shape index (κ3) is 7.54. The van der Waals surface area contributed by atoms with Crippen molar-refractivity contribution in [1.29, 1.82) is 5.26 Å². The van der Waals surface area contributed by atoms with Crippen LogP contribution in [0.3, 0.4) is 0 Å². The van der Waals surface area contributed by atoms with Gasteiger partial charge < -0.3 is 4.74 Å². The van der Waals surface area contributed by atoms with Gasteiger partial charge in [-0.2, -0.15) is 5.26 Å². The number of benzene rings is 1. The van der Waals surface area contributed by atoms with Gasteiger partial charge in [0, 0.05) is 6.08 Å². The van der Waals surface area contributed by atoms with Crippen LogP contribution in [-0.2, 0) is 4.74 Å². The number of carbonyl (C=O) groups is 1. The second-order valence-corrected chi connectivity index (χ2v) is 8.02. The van der Waals surface area contributed by atoms with Gasteiger partial charge in [-0.05, 0) is 74.8 Å². The van der Waals surface area contributed by atoms with E-state index in [2.05, 4.69) is 26.0 Å². The number of esters is 1. The van der Waals surface area contributed by atoms with Crippen molar-refractivity contribution in [2.75, 3.05) is 0 Å². The van der Waals surface area contributed by atoms with E-state index in [0.29, 0.717) is 5.92 Å². The minimum absolute atomic E-state index is 0.0207. The zero-order chi connectivity index (χ0) is 20.9. The number of carbonyl (C=O) groups excluding carboxylic acids is 1. The minimum Gasteiger partial charge on any atom is -0.459 e. The molecule has 0 N–H and O–H groups in total. The van der Waals surface area contributed by atoms with Crippen LogP contribution in [0, 0.1) is 17.2 Å². The molecule has 1 unspecified atom stereocenters. The van der Waals surface area contributed by atoms with E-state index >= 15 is 0 Å². The topological polar surface area (TPSA) is 50.1 Å². The Morgan fingerprint density at radius 1 is 1.21 bits per heavy atom. The van der Waals surface area contributed by atoms with Crippen LogP contribution >= 0.6 is 0 Å². The lowest BCUT2D eigenvalue weighted by atomic mass is 9.76. The van der Waals surface area contributed by atoms with Crippen LogP contribution in [0.4, 0.5) is 0 Å². The zero-order valence-electron chi connectivity index (χ0n) is 18.0. The number of hydrogen-bond donors (Lipinski definition) is 0. The zero-order valence-corrected chi connectivity index (χ0v) is 18.0. The van der Waals surface area contributed by atoms with Crippen LogP contribution in [0.25, 0.3) is 0 Å². The van der Waals surface area contributed by atoms with Gasteiger partial charge >= 0.3 is 5.97 Å². The van der Waals surface area contributed by atoms with Crippen molar-refractivity contribution < 1.29 is 9.53 Å². The molecule has 2 rings (SSSR count). The van der Waals surface area contributed by atoms with Crippen molar-refractivity contribution in [3.63, 3.8) is 0 Å². The molecule has 1 aliphatic rings. The van der Waals surface area contributed by atoms with Crippen molar-refractivity contribution in [2.24, 2.45) is 5.92 Å².